The van der Waals surface area contributed by atoms with Gasteiger partial charge in [0.2, 0.25) is 0 Å². The topological polar surface area (TPSA) is 366 Å². The van der Waals surface area contributed by atoms with Crippen LogP contribution >= 0.6 is 0 Å². The Morgan fingerprint density at radius 2 is 1.03 bits per heavy atom. The van der Waals surface area contributed by atoms with Gasteiger partial charge >= 0.3 is 0 Å². The first-order valence-corrected chi connectivity index (χ1v) is 27.3. The number of aliphatic hydroxyl groups excluding tert-OH is 14. The molecule has 5 saturated heterocycles. The first-order chi connectivity index (χ1) is 35.2. The van der Waals surface area contributed by atoms with E-state index in [4.69, 9.17) is 42.6 Å². The van der Waals surface area contributed by atoms with Crippen LogP contribution in [0, 0.1) is 52.3 Å². The number of hydrogen-bond acceptors (Lipinski definition) is 23. The van der Waals surface area contributed by atoms with Gasteiger partial charge in [0.05, 0.1) is 51.3 Å². The van der Waals surface area contributed by atoms with Crippen LogP contribution in [0.5, 0.6) is 0 Å². The maximum absolute atomic E-state index is 11.6. The molecule has 0 radical (unpaired) electrons. The molecule has 9 aliphatic rings. The van der Waals surface area contributed by atoms with E-state index in [1.165, 1.54) is 0 Å². The van der Waals surface area contributed by atoms with Crippen LogP contribution in [0.1, 0.15) is 91.9 Å². The van der Waals surface area contributed by atoms with Crippen molar-refractivity contribution in [1.82, 2.24) is 0 Å². The summed E-state index contributed by atoms with van der Waals surface area (Å²) in [6.07, 6.45) is -22.0. The van der Waals surface area contributed by atoms with Crippen molar-refractivity contribution >= 4 is 0 Å². The van der Waals surface area contributed by atoms with Crippen LogP contribution < -0.4 is 0 Å². The summed E-state index contributed by atoms with van der Waals surface area (Å²) < 4.78 is 53.9. The van der Waals surface area contributed by atoms with Crippen molar-refractivity contribution in [2.24, 2.45) is 52.3 Å². The monoisotopic (exact) mass is 1070 g/mol. The second kappa shape index (κ2) is 23.3. The molecule has 0 spiro atoms. The molecule has 74 heavy (non-hydrogen) atoms. The molecule has 9 rings (SSSR count). The van der Waals surface area contributed by atoms with Gasteiger partial charge in [0.1, 0.15) is 97.7 Å². The summed E-state index contributed by atoms with van der Waals surface area (Å²) in [6, 6.07) is 0. The second-order valence-electron chi connectivity index (χ2n) is 24.1. The zero-order valence-corrected chi connectivity index (χ0v) is 42.9. The number of aliphatic hydroxyl groups is 14. The van der Waals surface area contributed by atoms with Gasteiger partial charge in [-0.05, 0) is 116 Å². The molecule has 0 aromatic heterocycles. The Morgan fingerprint density at radius 1 is 0.500 bits per heavy atom. The molecule has 9 fully saturated rings. The van der Waals surface area contributed by atoms with E-state index in [-0.39, 0.29) is 41.7 Å². The summed E-state index contributed by atoms with van der Waals surface area (Å²) in [5.74, 6) is 2.94. The maximum atomic E-state index is 11.6. The fourth-order valence-electron chi connectivity index (χ4n) is 15.7. The highest BCUT2D eigenvalue weighted by atomic mass is 16.8. The molecule has 23 nitrogen and oxygen atoms in total. The summed E-state index contributed by atoms with van der Waals surface area (Å²) in [4.78, 5) is 0. The van der Waals surface area contributed by atoms with Crippen LogP contribution in [0.3, 0.4) is 0 Å². The SMILES string of the molecule is C[C@H](CCC1O[C@H]2C[C@H]3[C@@H]4CC[C@H]5C[C@@H](O[C@@H]6O[C@H](CO)[C@H](O[C@@H]7O[C@H](CO)[C@@H](O)[C@H](O)[C@H]7O[C@@H]7O[C@H](CO)[C@@H](O)[C@H](O)[C@H]7O)[C@H](O)[C@H]6O)CC[C@]5(C)[C@H]4CC[C@]3(C)[C@H]2[C@@H]1C)CO[C@@H]1O[C@H](CO)[C@@H](O)[C@H](O)[C@H]1O. The van der Waals surface area contributed by atoms with Crippen LogP contribution in [0.15, 0.2) is 0 Å². The van der Waals surface area contributed by atoms with E-state index in [0.29, 0.717) is 41.9 Å². The Hall–Kier alpha value is -0.920. The third kappa shape index (κ3) is 10.5. The maximum Gasteiger partial charge on any atom is 0.187 e. The lowest BCUT2D eigenvalue weighted by Crippen LogP contribution is -2.67. The lowest BCUT2D eigenvalue weighted by Gasteiger charge is -2.61. The number of hydrogen-bond donors (Lipinski definition) is 14. The molecule has 14 N–H and O–H groups in total. The standard InChI is InChI=1S/C51H86O23/c1-20(19-66-46-41(63)37(59)34(56)29(15-52)69-46)5-8-27-21(2)33-28(68-27)14-26-24-7-6-22-13-23(9-11-50(22,3)25(24)10-12-51(26,33)4)67-47-43(65)40(62)44(32(18-55)72-47)73-49-45(39(61)36(58)31(17-54)71-49)74-48-42(64)38(60)35(57)30(16-53)70-48/h20-49,52-65H,5-19H2,1-4H3/t20-,21-,22+,23+,24-,25+,26+,27?,28+,29-,30-,31-,32-,33+,34-,35-,36-,37+,38+,39+,40-,41-,42-,43-,44+,45-,46-,47-,48+,49+,50+,51+/m1/s1. The largest absolute Gasteiger partial charge is 0.394 e. The van der Waals surface area contributed by atoms with Crippen molar-refractivity contribution in [3.63, 3.8) is 0 Å². The van der Waals surface area contributed by atoms with Gasteiger partial charge in [-0.3, -0.25) is 0 Å². The quantitative estimate of drug-likeness (QED) is 0.0674. The van der Waals surface area contributed by atoms with E-state index in [2.05, 4.69) is 27.7 Å². The van der Waals surface area contributed by atoms with Crippen molar-refractivity contribution in [3.05, 3.63) is 0 Å². The molecule has 5 aliphatic heterocycles. The van der Waals surface area contributed by atoms with E-state index in [1.807, 2.05) is 0 Å². The van der Waals surface area contributed by atoms with Gasteiger partial charge in [0.25, 0.3) is 0 Å². The van der Waals surface area contributed by atoms with E-state index in [0.717, 1.165) is 57.8 Å². The molecule has 4 saturated carbocycles. The lowest BCUT2D eigenvalue weighted by molar-refractivity contribution is -0.390. The Balaban J connectivity index is 0.776. The van der Waals surface area contributed by atoms with Crippen LogP contribution in [0.4, 0.5) is 0 Å². The number of fused-ring (bicyclic) bond motifs is 7. The van der Waals surface area contributed by atoms with Crippen molar-refractivity contribution in [2.75, 3.05) is 33.0 Å². The third-order valence-electron chi connectivity index (χ3n) is 19.9. The van der Waals surface area contributed by atoms with E-state index in [1.54, 1.807) is 0 Å². The Bertz CT molecular complexity index is 1820. The van der Waals surface area contributed by atoms with Crippen molar-refractivity contribution < 1.29 is 114 Å². The van der Waals surface area contributed by atoms with Gasteiger partial charge in [-0.1, -0.05) is 27.7 Å². The molecule has 5 heterocycles. The predicted octanol–water partition coefficient (Wildman–Crippen LogP) is -3.27. The minimum Gasteiger partial charge on any atom is -0.394 e. The smallest absolute Gasteiger partial charge is 0.187 e. The summed E-state index contributed by atoms with van der Waals surface area (Å²) in [5.41, 5.74) is 0.228. The van der Waals surface area contributed by atoms with Crippen LogP contribution in [0.25, 0.3) is 0 Å². The van der Waals surface area contributed by atoms with Gasteiger partial charge in [0.15, 0.2) is 25.2 Å². The lowest BCUT2D eigenvalue weighted by atomic mass is 9.44. The first-order valence-electron chi connectivity index (χ1n) is 27.3. The normalized spacial score (nSPS) is 55.0. The van der Waals surface area contributed by atoms with E-state index in [9.17, 15) is 71.5 Å². The molecular weight excluding hydrogens is 981 g/mol. The van der Waals surface area contributed by atoms with Gasteiger partial charge in [0, 0.05) is 0 Å². The average Bonchev–Trinajstić information content (AvgIpc) is 3.88. The molecular formula is C51H86O23. The Morgan fingerprint density at radius 3 is 1.68 bits per heavy atom. The predicted molar refractivity (Wildman–Crippen MR) is 250 cm³/mol. The van der Waals surface area contributed by atoms with Gasteiger partial charge < -0.3 is 114 Å². The molecule has 0 bridgehead atoms. The van der Waals surface area contributed by atoms with Crippen molar-refractivity contribution in [1.29, 1.82) is 0 Å². The third-order valence-corrected chi connectivity index (χ3v) is 19.9. The number of rotatable bonds is 16. The fourth-order valence-corrected chi connectivity index (χ4v) is 15.7. The molecule has 0 aromatic rings. The van der Waals surface area contributed by atoms with Crippen LogP contribution in [-0.4, -0.2) is 246 Å². The summed E-state index contributed by atoms with van der Waals surface area (Å²) in [6.45, 7) is 6.84. The van der Waals surface area contributed by atoms with Crippen molar-refractivity contribution in [3.8, 4) is 0 Å². The van der Waals surface area contributed by atoms with Gasteiger partial charge in [-0.25, -0.2) is 0 Å². The summed E-state index contributed by atoms with van der Waals surface area (Å²) in [5, 5.41) is 147. The minimum absolute atomic E-state index is 0.0710. The first kappa shape index (κ1) is 57.8. The van der Waals surface area contributed by atoms with Gasteiger partial charge in [-0.15, -0.1) is 0 Å². The molecule has 428 valence electrons. The van der Waals surface area contributed by atoms with Crippen molar-refractivity contribution in [2.45, 2.75) is 233 Å². The molecule has 4 aliphatic carbocycles. The zero-order valence-electron chi connectivity index (χ0n) is 42.9. The zero-order chi connectivity index (χ0) is 53.3. The van der Waals surface area contributed by atoms with E-state index >= 15 is 0 Å². The summed E-state index contributed by atoms with van der Waals surface area (Å²) >= 11 is 0. The average molecular weight is 1070 g/mol. The Labute approximate surface area is 431 Å². The number of ether oxygens (including phenoxy) is 9. The van der Waals surface area contributed by atoms with Crippen LogP contribution in [0.2, 0.25) is 0 Å². The summed E-state index contributed by atoms with van der Waals surface area (Å²) in [7, 11) is 0. The van der Waals surface area contributed by atoms with Crippen LogP contribution in [-0.2, 0) is 42.6 Å². The molecule has 1 unspecified atom stereocenters. The second-order valence-corrected chi connectivity index (χ2v) is 24.1. The van der Waals surface area contributed by atoms with Gasteiger partial charge in [-0.2, -0.15) is 0 Å². The fraction of sp³-hybridized carbons (Fsp3) is 1.00. The van der Waals surface area contributed by atoms with E-state index < -0.39 is 149 Å². The Kier molecular flexibility index (Phi) is 18.2. The highest BCUT2D eigenvalue weighted by molar-refractivity contribution is 5.14. The molecule has 32 atom stereocenters. The molecule has 0 amide bonds. The highest BCUT2D eigenvalue weighted by Crippen LogP contribution is 2.70. The minimum atomic E-state index is -1.91. The highest BCUT2D eigenvalue weighted by Gasteiger charge is 2.66. The molecule has 23 heteroatoms. The molecule has 0 aromatic carbocycles.